The number of carboxylic acid groups (broad SMARTS) is 1. The van der Waals surface area contributed by atoms with Gasteiger partial charge < -0.3 is 14.4 Å². The van der Waals surface area contributed by atoms with Crippen LogP contribution in [0, 0.1) is 0 Å². The minimum Gasteiger partial charge on any atom is -0.481 e. The highest BCUT2D eigenvalue weighted by Gasteiger charge is 2.14. The lowest BCUT2D eigenvalue weighted by atomic mass is 10.4. The predicted octanol–water partition coefficient (Wildman–Crippen LogP) is 2.30. The third-order valence-electron chi connectivity index (χ3n) is 2.57. The van der Waals surface area contributed by atoms with Gasteiger partial charge in [-0.15, -0.1) is 0 Å². The molecule has 20 heavy (non-hydrogen) atoms. The van der Waals surface area contributed by atoms with Crippen LogP contribution in [0.5, 0.6) is 0 Å². The first-order valence-electron chi connectivity index (χ1n) is 5.97. The second-order valence-corrected chi connectivity index (χ2v) is 5.45. The molecule has 8 heteroatoms. The molecule has 0 fully saturated rings. The summed E-state index contributed by atoms with van der Waals surface area (Å²) in [6.07, 6.45) is 2.36. The topological polar surface area (TPSA) is 77.2 Å². The van der Waals surface area contributed by atoms with E-state index in [0.717, 1.165) is 6.42 Å². The largest absolute Gasteiger partial charge is 0.481 e. The standard InChI is InChI=1S/C12H14ClN3O3S/c1-19-4-2-3-16-11-9(5-8(13)6-14-11)15-12(16)20-7-10(17)18/h5-6H,2-4,7H2,1H3,(H,17,18). The summed E-state index contributed by atoms with van der Waals surface area (Å²) in [6.45, 7) is 1.29. The molecular formula is C12H14ClN3O3S. The maximum atomic E-state index is 10.7. The van der Waals surface area contributed by atoms with Crippen molar-refractivity contribution in [2.45, 2.75) is 18.1 Å². The minimum atomic E-state index is -0.878. The first kappa shape index (κ1) is 15.1. The lowest BCUT2D eigenvalue weighted by Crippen LogP contribution is -2.05. The van der Waals surface area contributed by atoms with Gasteiger partial charge in [0.2, 0.25) is 0 Å². The number of methoxy groups -OCH3 is 1. The summed E-state index contributed by atoms with van der Waals surface area (Å²) < 4.78 is 6.93. The second-order valence-electron chi connectivity index (χ2n) is 4.07. The molecule has 0 aromatic carbocycles. The molecule has 2 aromatic rings. The molecule has 0 aliphatic carbocycles. The number of fused-ring (bicyclic) bond motifs is 1. The molecule has 0 radical (unpaired) electrons. The van der Waals surface area contributed by atoms with Gasteiger partial charge in [0.15, 0.2) is 10.8 Å². The van der Waals surface area contributed by atoms with E-state index in [0.29, 0.717) is 34.5 Å². The van der Waals surface area contributed by atoms with E-state index in [1.807, 2.05) is 4.57 Å². The van der Waals surface area contributed by atoms with Gasteiger partial charge in [0.05, 0.1) is 10.8 Å². The maximum absolute atomic E-state index is 10.7. The van der Waals surface area contributed by atoms with E-state index >= 15 is 0 Å². The molecule has 2 rings (SSSR count). The van der Waals surface area contributed by atoms with Crippen LogP contribution in [0.2, 0.25) is 5.02 Å². The molecule has 0 unspecified atom stereocenters. The molecule has 6 nitrogen and oxygen atoms in total. The van der Waals surface area contributed by atoms with E-state index < -0.39 is 5.97 Å². The van der Waals surface area contributed by atoms with Crippen LogP contribution in [0.25, 0.3) is 11.2 Å². The van der Waals surface area contributed by atoms with Crippen molar-refractivity contribution in [1.29, 1.82) is 0 Å². The molecule has 0 atom stereocenters. The summed E-state index contributed by atoms with van der Waals surface area (Å²) in [4.78, 5) is 19.4. The van der Waals surface area contributed by atoms with Gasteiger partial charge in [-0.3, -0.25) is 4.79 Å². The van der Waals surface area contributed by atoms with E-state index in [4.69, 9.17) is 21.4 Å². The third kappa shape index (κ3) is 3.62. The van der Waals surface area contributed by atoms with Crippen LogP contribution in [0.3, 0.4) is 0 Å². The molecule has 0 saturated heterocycles. The molecule has 2 heterocycles. The minimum absolute atomic E-state index is 0.0403. The summed E-state index contributed by atoms with van der Waals surface area (Å²) in [5.74, 6) is -0.919. The van der Waals surface area contributed by atoms with Gasteiger partial charge in [-0.2, -0.15) is 0 Å². The van der Waals surface area contributed by atoms with Crippen LogP contribution in [0.4, 0.5) is 0 Å². The molecule has 0 spiro atoms. The smallest absolute Gasteiger partial charge is 0.313 e. The van der Waals surface area contributed by atoms with E-state index in [9.17, 15) is 4.79 Å². The third-order valence-corrected chi connectivity index (χ3v) is 3.74. The number of hydrogen-bond acceptors (Lipinski definition) is 5. The number of pyridine rings is 1. The number of ether oxygens (including phenoxy) is 1. The predicted molar refractivity (Wildman–Crippen MR) is 77.4 cm³/mol. The summed E-state index contributed by atoms with van der Waals surface area (Å²) in [7, 11) is 1.64. The number of imidazole rings is 1. The monoisotopic (exact) mass is 315 g/mol. The Labute approximate surface area is 125 Å². The Morgan fingerprint density at radius 1 is 1.60 bits per heavy atom. The number of carboxylic acids is 1. The van der Waals surface area contributed by atoms with Crippen molar-refractivity contribution in [1.82, 2.24) is 14.5 Å². The van der Waals surface area contributed by atoms with Gasteiger partial charge in [-0.05, 0) is 12.5 Å². The van der Waals surface area contributed by atoms with Crippen molar-refractivity contribution < 1.29 is 14.6 Å². The van der Waals surface area contributed by atoms with Gasteiger partial charge in [0, 0.05) is 26.5 Å². The van der Waals surface area contributed by atoms with E-state index in [-0.39, 0.29) is 5.75 Å². The number of aliphatic carboxylic acids is 1. The second kappa shape index (κ2) is 6.92. The molecule has 0 aliphatic heterocycles. The first-order valence-corrected chi connectivity index (χ1v) is 7.33. The number of nitrogens with zero attached hydrogens (tertiary/aromatic N) is 3. The van der Waals surface area contributed by atoms with Crippen molar-refractivity contribution >= 4 is 40.5 Å². The Balaban J connectivity index is 2.31. The van der Waals surface area contributed by atoms with Gasteiger partial charge in [0.25, 0.3) is 0 Å². The Hall–Kier alpha value is -1.31. The lowest BCUT2D eigenvalue weighted by molar-refractivity contribution is -0.133. The summed E-state index contributed by atoms with van der Waals surface area (Å²) >= 11 is 7.08. The number of rotatable bonds is 7. The van der Waals surface area contributed by atoms with Gasteiger partial charge >= 0.3 is 5.97 Å². The maximum Gasteiger partial charge on any atom is 0.313 e. The number of carbonyl (C=O) groups is 1. The van der Waals surface area contributed by atoms with Crippen molar-refractivity contribution in [2.24, 2.45) is 0 Å². The van der Waals surface area contributed by atoms with Crippen molar-refractivity contribution in [2.75, 3.05) is 19.5 Å². The van der Waals surface area contributed by atoms with Crippen LogP contribution < -0.4 is 0 Å². The molecule has 0 aliphatic rings. The van der Waals surface area contributed by atoms with Crippen LogP contribution in [-0.4, -0.2) is 45.1 Å². The van der Waals surface area contributed by atoms with Gasteiger partial charge in [-0.25, -0.2) is 9.97 Å². The number of halogens is 1. The fourth-order valence-corrected chi connectivity index (χ4v) is 2.67. The van der Waals surface area contributed by atoms with Crippen LogP contribution in [0.15, 0.2) is 17.4 Å². The summed E-state index contributed by atoms with van der Waals surface area (Å²) in [6, 6.07) is 1.72. The zero-order valence-corrected chi connectivity index (χ0v) is 12.4. The van der Waals surface area contributed by atoms with E-state index in [2.05, 4.69) is 9.97 Å². The van der Waals surface area contributed by atoms with Crippen LogP contribution in [0.1, 0.15) is 6.42 Å². The molecule has 2 aromatic heterocycles. The first-order chi connectivity index (χ1) is 9.61. The Morgan fingerprint density at radius 2 is 2.40 bits per heavy atom. The molecule has 108 valence electrons. The highest BCUT2D eigenvalue weighted by molar-refractivity contribution is 7.99. The van der Waals surface area contributed by atoms with Crippen LogP contribution >= 0.6 is 23.4 Å². The molecule has 0 bridgehead atoms. The molecular weight excluding hydrogens is 302 g/mol. The molecule has 0 amide bonds. The number of aryl methyl sites for hydroxylation is 1. The highest BCUT2D eigenvalue weighted by atomic mass is 35.5. The van der Waals surface area contributed by atoms with Crippen molar-refractivity contribution in [3.63, 3.8) is 0 Å². The highest BCUT2D eigenvalue weighted by Crippen LogP contribution is 2.24. The quantitative estimate of drug-likeness (QED) is 0.624. The fourth-order valence-electron chi connectivity index (χ4n) is 1.77. The van der Waals surface area contributed by atoms with E-state index in [1.54, 1.807) is 19.4 Å². The van der Waals surface area contributed by atoms with Gasteiger partial charge in [0.1, 0.15) is 5.52 Å². The molecule has 0 saturated carbocycles. The number of aromatic nitrogens is 3. The normalized spacial score (nSPS) is 11.1. The van der Waals surface area contributed by atoms with Crippen LogP contribution in [-0.2, 0) is 16.1 Å². The summed E-state index contributed by atoms with van der Waals surface area (Å²) in [5, 5.41) is 9.93. The lowest BCUT2D eigenvalue weighted by Gasteiger charge is -2.07. The zero-order chi connectivity index (χ0) is 14.5. The average Bonchev–Trinajstić information content (AvgIpc) is 2.74. The average molecular weight is 316 g/mol. The zero-order valence-electron chi connectivity index (χ0n) is 10.9. The Bertz CT molecular complexity index is 617. The van der Waals surface area contributed by atoms with E-state index in [1.165, 1.54) is 11.8 Å². The van der Waals surface area contributed by atoms with Crippen molar-refractivity contribution in [3.8, 4) is 0 Å². The SMILES string of the molecule is COCCCn1c(SCC(=O)O)nc2cc(Cl)cnc21. The molecule has 1 N–H and O–H groups in total. The van der Waals surface area contributed by atoms with Gasteiger partial charge in [-0.1, -0.05) is 23.4 Å². The Kier molecular flexibility index (Phi) is 5.22. The Morgan fingerprint density at radius 3 is 3.10 bits per heavy atom. The fraction of sp³-hybridized carbons (Fsp3) is 0.417. The summed E-state index contributed by atoms with van der Waals surface area (Å²) in [5.41, 5.74) is 1.38. The number of hydrogen-bond donors (Lipinski definition) is 1. The number of thioether (sulfide) groups is 1. The van der Waals surface area contributed by atoms with Crippen molar-refractivity contribution in [3.05, 3.63) is 17.3 Å².